The molecule has 2 aromatic rings. The molecule has 1 aromatic heterocycles. The molecule has 0 radical (unpaired) electrons. The number of alkyl halides is 3. The molecule has 0 aliphatic carbocycles. The van der Waals surface area contributed by atoms with Gasteiger partial charge in [-0.2, -0.15) is 13.2 Å². The Morgan fingerprint density at radius 3 is 2.33 bits per heavy atom. The van der Waals surface area contributed by atoms with Crippen LogP contribution in [0.5, 0.6) is 0 Å². The van der Waals surface area contributed by atoms with Crippen LogP contribution >= 0.6 is 15.9 Å². The van der Waals surface area contributed by atoms with Gasteiger partial charge in [0, 0.05) is 49.0 Å². The van der Waals surface area contributed by atoms with Crippen molar-refractivity contribution in [1.29, 1.82) is 0 Å². The second-order valence-electron chi connectivity index (χ2n) is 7.17. The molecule has 0 atom stereocenters. The number of carbonyl (C=O) groups excluding carboxylic acids is 1. The lowest BCUT2D eigenvalue weighted by atomic mass is 10.0. The number of halogens is 4. The van der Waals surface area contributed by atoms with Gasteiger partial charge in [-0.15, -0.1) is 0 Å². The molecule has 33 heavy (non-hydrogen) atoms. The van der Waals surface area contributed by atoms with E-state index in [-0.39, 0.29) is 23.5 Å². The fraction of sp³-hybridized carbons (Fsp3) is 0.478. The molecule has 1 aliphatic heterocycles. The zero-order chi connectivity index (χ0) is 25.0. The number of hydrogen-bond acceptors (Lipinski definition) is 5. The number of aryl methyl sites for hydroxylation is 1. The number of anilines is 1. The van der Waals surface area contributed by atoms with Gasteiger partial charge in [-0.05, 0) is 50.3 Å². The van der Waals surface area contributed by atoms with Crippen molar-refractivity contribution >= 4 is 27.7 Å². The fourth-order valence-corrected chi connectivity index (χ4v) is 3.30. The maximum atomic E-state index is 13.6. The summed E-state index contributed by atoms with van der Waals surface area (Å²) in [6.45, 7) is 8.92. The van der Waals surface area contributed by atoms with E-state index in [0.717, 1.165) is 29.2 Å². The first-order valence-corrected chi connectivity index (χ1v) is 11.6. The number of hydrogen-bond donors (Lipinski definition) is 3. The molecule has 1 fully saturated rings. The fourth-order valence-electron chi connectivity index (χ4n) is 2.99. The lowest BCUT2D eigenvalue weighted by molar-refractivity contribution is -0.138. The Balaban J connectivity index is 0.00000101. The molecule has 184 valence electrons. The van der Waals surface area contributed by atoms with Crippen LogP contribution in [-0.2, 0) is 12.7 Å². The molecule has 1 aliphatic rings. The quantitative estimate of drug-likeness (QED) is 0.533. The summed E-state index contributed by atoms with van der Waals surface area (Å²) < 4.78 is 41.5. The van der Waals surface area contributed by atoms with Gasteiger partial charge in [0.1, 0.15) is 5.82 Å². The summed E-state index contributed by atoms with van der Waals surface area (Å²) in [4.78, 5) is 18.5. The minimum Gasteiger partial charge on any atom is -0.323 e. The summed E-state index contributed by atoms with van der Waals surface area (Å²) in [5.41, 5.74) is 0.211. The van der Waals surface area contributed by atoms with E-state index in [4.69, 9.17) is 0 Å². The molecule has 0 saturated carbocycles. The van der Waals surface area contributed by atoms with Gasteiger partial charge in [-0.3, -0.25) is 9.69 Å². The SMILES string of the molecule is CC.CNC.Cc1cnc(NC(=O)c2ccc(CN3CCNCC3)c(C(F)(F)F)c2)cc1Br. The highest BCUT2D eigenvalue weighted by molar-refractivity contribution is 9.10. The van der Waals surface area contributed by atoms with Crippen molar-refractivity contribution in [2.24, 2.45) is 0 Å². The third-order valence-electron chi connectivity index (χ3n) is 4.56. The standard InChI is InChI=1S/C19H20BrF3N4O.C2H7N.C2H6/c1-12-10-25-17(9-16(12)20)26-18(28)13-2-3-14(15(8-13)19(21,22)23)11-27-6-4-24-5-7-27;1-3-2;1-2/h2-3,8-10,24H,4-7,11H2,1H3,(H,25,26,28);3H,1-2H3;1-2H3. The smallest absolute Gasteiger partial charge is 0.323 e. The monoisotopic (exact) mass is 531 g/mol. The van der Waals surface area contributed by atoms with E-state index in [2.05, 4.69) is 36.9 Å². The van der Waals surface area contributed by atoms with Gasteiger partial charge in [0.15, 0.2) is 0 Å². The van der Waals surface area contributed by atoms with Crippen LogP contribution in [-0.4, -0.2) is 56.1 Å². The van der Waals surface area contributed by atoms with Gasteiger partial charge in [-0.1, -0.05) is 35.8 Å². The number of nitrogens with one attached hydrogen (secondary N) is 3. The minimum atomic E-state index is -4.54. The molecule has 3 N–H and O–H groups in total. The van der Waals surface area contributed by atoms with Crippen molar-refractivity contribution < 1.29 is 18.0 Å². The Morgan fingerprint density at radius 2 is 1.79 bits per heavy atom. The second kappa shape index (κ2) is 14.3. The average Bonchev–Trinajstić information content (AvgIpc) is 2.78. The van der Waals surface area contributed by atoms with Crippen LogP contribution in [0.25, 0.3) is 0 Å². The number of piperazine rings is 1. The number of rotatable bonds is 4. The highest BCUT2D eigenvalue weighted by Gasteiger charge is 2.34. The molecule has 1 amide bonds. The molecule has 10 heteroatoms. The van der Waals surface area contributed by atoms with Gasteiger partial charge in [0.05, 0.1) is 5.56 Å². The van der Waals surface area contributed by atoms with E-state index in [1.54, 1.807) is 12.3 Å². The lowest BCUT2D eigenvalue weighted by Crippen LogP contribution is -2.43. The molecule has 0 bridgehead atoms. The molecular formula is C23H33BrF3N5O. The average molecular weight is 532 g/mol. The molecule has 0 unspecified atom stereocenters. The molecule has 3 rings (SSSR count). The number of aromatic nitrogens is 1. The van der Waals surface area contributed by atoms with Crippen LogP contribution in [0.4, 0.5) is 19.0 Å². The summed E-state index contributed by atoms with van der Waals surface area (Å²) in [5, 5.41) is 8.46. The van der Waals surface area contributed by atoms with E-state index in [1.165, 1.54) is 12.1 Å². The van der Waals surface area contributed by atoms with Crippen LogP contribution in [0, 0.1) is 6.92 Å². The Bertz CT molecular complexity index is 887. The number of pyridine rings is 1. The largest absolute Gasteiger partial charge is 0.416 e. The Kier molecular flexibility index (Phi) is 12.6. The summed E-state index contributed by atoms with van der Waals surface area (Å²) in [5.74, 6) is -0.372. The van der Waals surface area contributed by atoms with Crippen LogP contribution in [0.1, 0.15) is 40.9 Å². The predicted molar refractivity (Wildman–Crippen MR) is 131 cm³/mol. The molecule has 6 nitrogen and oxygen atoms in total. The third-order valence-corrected chi connectivity index (χ3v) is 5.41. The van der Waals surface area contributed by atoms with Crippen molar-refractivity contribution in [2.45, 2.75) is 33.5 Å². The van der Waals surface area contributed by atoms with E-state index in [1.807, 2.05) is 39.8 Å². The number of benzene rings is 1. The Morgan fingerprint density at radius 1 is 1.18 bits per heavy atom. The number of carbonyl (C=O) groups is 1. The maximum absolute atomic E-state index is 13.6. The zero-order valence-corrected chi connectivity index (χ0v) is 21.3. The van der Waals surface area contributed by atoms with Crippen molar-refractivity contribution in [2.75, 3.05) is 45.6 Å². The first-order valence-electron chi connectivity index (χ1n) is 10.8. The third kappa shape index (κ3) is 9.40. The van der Waals surface area contributed by atoms with Gasteiger partial charge in [0.2, 0.25) is 0 Å². The highest BCUT2D eigenvalue weighted by atomic mass is 79.9. The van der Waals surface area contributed by atoms with Crippen molar-refractivity contribution in [1.82, 2.24) is 20.5 Å². The summed E-state index contributed by atoms with van der Waals surface area (Å²) in [7, 11) is 3.75. The first kappa shape index (κ1) is 29.0. The molecule has 0 spiro atoms. The van der Waals surface area contributed by atoms with Gasteiger partial charge in [-0.25, -0.2) is 4.98 Å². The number of amides is 1. The van der Waals surface area contributed by atoms with Gasteiger partial charge < -0.3 is 16.0 Å². The normalized spacial score (nSPS) is 13.8. The maximum Gasteiger partial charge on any atom is 0.416 e. The van der Waals surface area contributed by atoms with Crippen LogP contribution in [0.15, 0.2) is 34.9 Å². The van der Waals surface area contributed by atoms with E-state index >= 15 is 0 Å². The summed E-state index contributed by atoms with van der Waals surface area (Å²) in [6, 6.07) is 5.33. The molecular weight excluding hydrogens is 499 g/mol. The molecule has 1 aromatic carbocycles. The zero-order valence-electron chi connectivity index (χ0n) is 19.7. The second-order valence-corrected chi connectivity index (χ2v) is 8.02. The van der Waals surface area contributed by atoms with Gasteiger partial charge >= 0.3 is 6.18 Å². The predicted octanol–water partition coefficient (Wildman–Crippen LogP) is 4.69. The number of nitrogens with zero attached hydrogens (tertiary/aromatic N) is 2. The Labute approximate surface area is 202 Å². The highest BCUT2D eigenvalue weighted by Crippen LogP contribution is 2.33. The van der Waals surface area contributed by atoms with Crippen LogP contribution in [0.3, 0.4) is 0 Å². The first-order chi connectivity index (χ1) is 15.7. The lowest BCUT2D eigenvalue weighted by Gasteiger charge is -2.28. The topological polar surface area (TPSA) is 69.3 Å². The van der Waals surface area contributed by atoms with Crippen molar-refractivity contribution in [3.05, 3.63) is 57.2 Å². The van der Waals surface area contributed by atoms with E-state index in [0.29, 0.717) is 13.1 Å². The molecule has 2 heterocycles. The van der Waals surface area contributed by atoms with Crippen molar-refractivity contribution in [3.8, 4) is 0 Å². The molecule has 1 saturated heterocycles. The van der Waals surface area contributed by atoms with E-state index in [9.17, 15) is 18.0 Å². The van der Waals surface area contributed by atoms with Gasteiger partial charge in [0.25, 0.3) is 5.91 Å². The summed E-state index contributed by atoms with van der Waals surface area (Å²) in [6.07, 6.45) is -2.97. The Hall–Kier alpha value is -2.01. The minimum absolute atomic E-state index is 0.0603. The van der Waals surface area contributed by atoms with Crippen LogP contribution < -0.4 is 16.0 Å². The van der Waals surface area contributed by atoms with Crippen molar-refractivity contribution in [3.63, 3.8) is 0 Å². The summed E-state index contributed by atoms with van der Waals surface area (Å²) >= 11 is 3.34. The van der Waals surface area contributed by atoms with Crippen LogP contribution in [0.2, 0.25) is 0 Å². The van der Waals surface area contributed by atoms with E-state index < -0.39 is 17.6 Å².